The summed E-state index contributed by atoms with van der Waals surface area (Å²) in [6.07, 6.45) is 0. The van der Waals surface area contributed by atoms with Crippen molar-refractivity contribution < 1.29 is 14.9 Å². The average Bonchev–Trinajstić information content (AvgIpc) is 2.13. The third-order valence-electron chi connectivity index (χ3n) is 1.34. The van der Waals surface area contributed by atoms with Crippen molar-refractivity contribution in [1.82, 2.24) is 0 Å². The second-order valence-electron chi connectivity index (χ2n) is 2.10. The summed E-state index contributed by atoms with van der Waals surface area (Å²) in [5.41, 5.74) is -0.0430. The van der Waals surface area contributed by atoms with Gasteiger partial charge in [-0.2, -0.15) is 5.26 Å². The number of halogens is 3. The van der Waals surface area contributed by atoms with Crippen LogP contribution in [0.4, 0.5) is 0 Å². The zero-order valence-corrected chi connectivity index (χ0v) is 8.32. The molecule has 0 atom stereocenters. The van der Waals surface area contributed by atoms with Crippen molar-refractivity contribution >= 4 is 40.8 Å². The monoisotopic (exact) mass is 240 g/mol. The first kappa shape index (κ1) is 10.6. The van der Waals surface area contributed by atoms with Gasteiger partial charge < -0.3 is 0 Å². The topological polar surface area (TPSA) is 46.5 Å². The third kappa shape index (κ3) is 2.06. The summed E-state index contributed by atoms with van der Waals surface area (Å²) < 4.78 is 0. The van der Waals surface area contributed by atoms with Crippen molar-refractivity contribution in [2.45, 2.75) is 0 Å². The van der Waals surface area contributed by atoms with Crippen LogP contribution in [-0.4, -0.2) is 11.2 Å². The van der Waals surface area contributed by atoms with E-state index in [-0.39, 0.29) is 20.6 Å². The van der Waals surface area contributed by atoms with Gasteiger partial charge >= 0.3 is 5.97 Å². The van der Waals surface area contributed by atoms with E-state index in [1.165, 1.54) is 12.1 Å². The third-order valence-corrected chi connectivity index (χ3v) is 2.63. The molecule has 0 aliphatic rings. The Morgan fingerprint density at radius 1 is 1.23 bits per heavy atom. The lowest BCUT2D eigenvalue weighted by molar-refractivity contribution is -0.182. The van der Waals surface area contributed by atoms with Crippen LogP contribution in [-0.2, 0) is 4.89 Å². The molecule has 0 unspecified atom stereocenters. The van der Waals surface area contributed by atoms with Crippen LogP contribution in [0.1, 0.15) is 10.4 Å². The van der Waals surface area contributed by atoms with Crippen LogP contribution in [0.3, 0.4) is 0 Å². The van der Waals surface area contributed by atoms with E-state index in [0.29, 0.717) is 0 Å². The Hall–Kier alpha value is -0.480. The average molecular weight is 241 g/mol. The highest BCUT2D eigenvalue weighted by Crippen LogP contribution is 2.32. The van der Waals surface area contributed by atoms with Gasteiger partial charge in [0.05, 0.1) is 20.6 Å². The van der Waals surface area contributed by atoms with Gasteiger partial charge in [0.25, 0.3) is 0 Å². The van der Waals surface area contributed by atoms with Crippen molar-refractivity contribution in [3.05, 3.63) is 32.8 Å². The minimum atomic E-state index is -0.983. The number of hydrogen-bond donors (Lipinski definition) is 1. The largest absolute Gasteiger partial charge is 0.374 e. The minimum absolute atomic E-state index is 0.0430. The molecule has 6 heteroatoms. The lowest BCUT2D eigenvalue weighted by Crippen LogP contribution is -2.02. The van der Waals surface area contributed by atoms with Gasteiger partial charge in [0.2, 0.25) is 0 Å². The number of hydrogen-bond acceptors (Lipinski definition) is 3. The van der Waals surface area contributed by atoms with Gasteiger partial charge in [-0.1, -0.05) is 34.8 Å². The van der Waals surface area contributed by atoms with E-state index in [4.69, 9.17) is 40.1 Å². The zero-order chi connectivity index (χ0) is 10.0. The maximum absolute atomic E-state index is 10.8. The summed E-state index contributed by atoms with van der Waals surface area (Å²) in [6, 6.07) is 2.68. The predicted molar refractivity (Wildman–Crippen MR) is 49.5 cm³/mol. The molecule has 0 spiro atoms. The Labute approximate surface area is 88.7 Å². The van der Waals surface area contributed by atoms with Crippen LogP contribution >= 0.6 is 34.8 Å². The fourth-order valence-corrected chi connectivity index (χ4v) is 1.35. The standard InChI is InChI=1S/C7H3Cl3O3/c8-4-2-1-3(7(11)13-12)5(9)6(4)10/h1-2,12H. The SMILES string of the molecule is O=C(OO)c1ccc(Cl)c(Cl)c1Cl. The molecule has 3 nitrogen and oxygen atoms in total. The maximum Gasteiger partial charge on any atom is 0.374 e. The first-order valence-corrected chi connectivity index (χ1v) is 4.20. The summed E-state index contributed by atoms with van der Waals surface area (Å²) in [4.78, 5) is 14.3. The fourth-order valence-electron chi connectivity index (χ4n) is 0.733. The Balaban J connectivity index is 3.26. The van der Waals surface area contributed by atoms with E-state index in [0.717, 1.165) is 0 Å². The van der Waals surface area contributed by atoms with E-state index in [1.807, 2.05) is 0 Å². The molecule has 1 aromatic rings. The smallest absolute Gasteiger partial charge is 0.295 e. The van der Waals surface area contributed by atoms with E-state index in [2.05, 4.69) is 4.89 Å². The van der Waals surface area contributed by atoms with Crippen LogP contribution in [0.15, 0.2) is 12.1 Å². The predicted octanol–water partition coefficient (Wildman–Crippen LogP) is 3.28. The summed E-state index contributed by atoms with van der Waals surface area (Å²) >= 11 is 16.9. The van der Waals surface area contributed by atoms with Gasteiger partial charge in [0.15, 0.2) is 0 Å². The van der Waals surface area contributed by atoms with Crippen LogP contribution in [0.2, 0.25) is 15.1 Å². The fraction of sp³-hybridized carbons (Fsp3) is 0. The summed E-state index contributed by atoms with van der Waals surface area (Å²) in [5.74, 6) is -0.983. The second-order valence-corrected chi connectivity index (χ2v) is 3.26. The molecule has 13 heavy (non-hydrogen) atoms. The molecule has 1 N–H and O–H groups in total. The molecule has 0 bridgehead atoms. The Morgan fingerprint density at radius 3 is 2.38 bits per heavy atom. The highest BCUT2D eigenvalue weighted by atomic mass is 35.5. The normalized spacial score (nSPS) is 9.85. The summed E-state index contributed by atoms with van der Waals surface area (Å²) in [7, 11) is 0. The quantitative estimate of drug-likeness (QED) is 0.466. The molecule has 0 aliphatic heterocycles. The van der Waals surface area contributed by atoms with E-state index < -0.39 is 5.97 Å². The number of carbonyl (C=O) groups excluding carboxylic acids is 1. The molecule has 0 fully saturated rings. The van der Waals surface area contributed by atoms with Crippen molar-refractivity contribution in [1.29, 1.82) is 0 Å². The number of benzene rings is 1. The molecule has 0 saturated carbocycles. The number of rotatable bonds is 1. The molecule has 0 radical (unpaired) electrons. The van der Waals surface area contributed by atoms with E-state index in [9.17, 15) is 4.79 Å². The molecule has 0 amide bonds. The van der Waals surface area contributed by atoms with Crippen LogP contribution in [0.25, 0.3) is 0 Å². The van der Waals surface area contributed by atoms with Crippen molar-refractivity contribution in [2.75, 3.05) is 0 Å². The molecular formula is C7H3Cl3O3. The Kier molecular flexibility index (Phi) is 3.39. The van der Waals surface area contributed by atoms with Gasteiger partial charge in [-0.15, -0.1) is 0 Å². The first-order chi connectivity index (χ1) is 6.07. The summed E-state index contributed by atoms with van der Waals surface area (Å²) in [6.45, 7) is 0. The van der Waals surface area contributed by atoms with Gasteiger partial charge in [0, 0.05) is 0 Å². The molecule has 0 aliphatic carbocycles. The van der Waals surface area contributed by atoms with E-state index in [1.54, 1.807) is 0 Å². The van der Waals surface area contributed by atoms with Gasteiger partial charge in [-0.25, -0.2) is 4.79 Å². The Bertz CT molecular complexity index is 351. The molecule has 1 aromatic carbocycles. The molecule has 0 aromatic heterocycles. The summed E-state index contributed by atoms with van der Waals surface area (Å²) in [5, 5.41) is 8.31. The van der Waals surface area contributed by atoms with Crippen molar-refractivity contribution in [3.8, 4) is 0 Å². The van der Waals surface area contributed by atoms with Crippen molar-refractivity contribution in [2.24, 2.45) is 0 Å². The van der Waals surface area contributed by atoms with Crippen LogP contribution in [0, 0.1) is 0 Å². The zero-order valence-electron chi connectivity index (χ0n) is 6.05. The van der Waals surface area contributed by atoms with Gasteiger partial charge in [-0.3, -0.25) is 4.89 Å². The number of carbonyl (C=O) groups is 1. The molecule has 1 rings (SSSR count). The molecule has 0 saturated heterocycles. The molecular weight excluding hydrogens is 238 g/mol. The van der Waals surface area contributed by atoms with Crippen LogP contribution in [0.5, 0.6) is 0 Å². The second kappa shape index (κ2) is 4.15. The maximum atomic E-state index is 10.8. The lowest BCUT2D eigenvalue weighted by Gasteiger charge is -2.03. The minimum Gasteiger partial charge on any atom is -0.295 e. The van der Waals surface area contributed by atoms with Crippen molar-refractivity contribution in [3.63, 3.8) is 0 Å². The first-order valence-electron chi connectivity index (χ1n) is 3.07. The van der Waals surface area contributed by atoms with Crippen LogP contribution < -0.4 is 0 Å². The highest BCUT2D eigenvalue weighted by molar-refractivity contribution is 6.49. The molecule has 70 valence electrons. The van der Waals surface area contributed by atoms with Gasteiger partial charge in [0.1, 0.15) is 0 Å². The lowest BCUT2D eigenvalue weighted by atomic mass is 10.2. The Morgan fingerprint density at radius 2 is 1.85 bits per heavy atom. The molecule has 0 heterocycles. The van der Waals surface area contributed by atoms with Gasteiger partial charge in [-0.05, 0) is 12.1 Å². The van der Waals surface area contributed by atoms with E-state index >= 15 is 0 Å². The highest BCUT2D eigenvalue weighted by Gasteiger charge is 2.16.